The molecule has 0 aliphatic heterocycles. The SMILES string of the molecule is O=C(Cc1ccccc1)OC1=Cc2ccccc2C(C2CCCCC2)C1. The molecule has 0 saturated heterocycles. The second-order valence-corrected chi connectivity index (χ2v) is 7.58. The van der Waals surface area contributed by atoms with Crippen LogP contribution in [0.25, 0.3) is 6.08 Å². The van der Waals surface area contributed by atoms with Gasteiger partial charge in [-0.3, -0.25) is 4.79 Å². The van der Waals surface area contributed by atoms with Gasteiger partial charge < -0.3 is 4.74 Å². The highest BCUT2D eigenvalue weighted by molar-refractivity contribution is 5.75. The molecule has 0 spiro atoms. The van der Waals surface area contributed by atoms with Gasteiger partial charge in [-0.1, -0.05) is 73.9 Å². The first-order chi connectivity index (χ1) is 12.8. The summed E-state index contributed by atoms with van der Waals surface area (Å²) in [5.41, 5.74) is 3.65. The van der Waals surface area contributed by atoms with Crippen molar-refractivity contribution in [1.82, 2.24) is 0 Å². The normalized spacial score (nSPS) is 20.2. The van der Waals surface area contributed by atoms with Crippen molar-refractivity contribution in [2.45, 2.75) is 50.9 Å². The molecule has 4 rings (SSSR count). The van der Waals surface area contributed by atoms with E-state index in [9.17, 15) is 4.79 Å². The van der Waals surface area contributed by atoms with Crippen LogP contribution in [0.4, 0.5) is 0 Å². The molecule has 1 atom stereocenters. The van der Waals surface area contributed by atoms with Gasteiger partial charge in [0.05, 0.1) is 6.42 Å². The number of carbonyl (C=O) groups is 1. The first-order valence-corrected chi connectivity index (χ1v) is 9.84. The molecule has 0 heterocycles. The zero-order chi connectivity index (χ0) is 17.8. The number of benzene rings is 2. The highest BCUT2D eigenvalue weighted by atomic mass is 16.5. The Kier molecular flexibility index (Phi) is 5.19. The smallest absolute Gasteiger partial charge is 0.315 e. The Morgan fingerprint density at radius 2 is 1.65 bits per heavy atom. The molecular weight excluding hydrogens is 320 g/mol. The van der Waals surface area contributed by atoms with Crippen LogP contribution >= 0.6 is 0 Å². The van der Waals surface area contributed by atoms with Crippen molar-refractivity contribution in [3.05, 3.63) is 77.0 Å². The standard InChI is InChI=1S/C24H26O2/c25-24(15-18-9-3-1-4-10-18)26-21-16-20-13-7-8-14-22(20)23(17-21)19-11-5-2-6-12-19/h1,3-4,7-10,13-14,16,19,23H,2,5-6,11-12,15,17H2. The Balaban J connectivity index is 1.51. The first kappa shape index (κ1) is 17.1. The molecule has 0 aromatic heterocycles. The molecule has 2 aliphatic carbocycles. The van der Waals surface area contributed by atoms with Crippen LogP contribution in [0, 0.1) is 5.92 Å². The first-order valence-electron chi connectivity index (χ1n) is 9.84. The molecule has 0 bridgehead atoms. The van der Waals surface area contributed by atoms with Gasteiger partial charge in [-0.15, -0.1) is 0 Å². The molecule has 2 heteroatoms. The lowest BCUT2D eigenvalue weighted by molar-refractivity contribution is -0.138. The molecule has 2 aromatic carbocycles. The lowest BCUT2D eigenvalue weighted by Gasteiger charge is -2.34. The number of ether oxygens (including phenoxy) is 1. The summed E-state index contributed by atoms with van der Waals surface area (Å²) in [4.78, 5) is 12.4. The van der Waals surface area contributed by atoms with Crippen LogP contribution in [0.3, 0.4) is 0 Å². The van der Waals surface area contributed by atoms with Gasteiger partial charge in [0.25, 0.3) is 0 Å². The minimum Gasteiger partial charge on any atom is -0.431 e. The average Bonchev–Trinajstić information content (AvgIpc) is 2.69. The summed E-state index contributed by atoms with van der Waals surface area (Å²) < 4.78 is 5.80. The Labute approximate surface area is 155 Å². The maximum Gasteiger partial charge on any atom is 0.315 e. The van der Waals surface area contributed by atoms with Crippen LogP contribution in [0.1, 0.15) is 61.1 Å². The van der Waals surface area contributed by atoms with E-state index >= 15 is 0 Å². The molecule has 2 aliphatic rings. The molecule has 2 nitrogen and oxygen atoms in total. The summed E-state index contributed by atoms with van der Waals surface area (Å²) >= 11 is 0. The van der Waals surface area contributed by atoms with Crippen LogP contribution < -0.4 is 0 Å². The molecule has 0 N–H and O–H groups in total. The third kappa shape index (κ3) is 3.90. The van der Waals surface area contributed by atoms with Gasteiger partial charge in [0.2, 0.25) is 0 Å². The van der Waals surface area contributed by atoms with Gasteiger partial charge in [0.15, 0.2) is 0 Å². The van der Waals surface area contributed by atoms with Crippen molar-refractivity contribution in [2.75, 3.05) is 0 Å². The van der Waals surface area contributed by atoms with E-state index in [1.807, 2.05) is 30.3 Å². The maximum atomic E-state index is 12.4. The van der Waals surface area contributed by atoms with Gasteiger partial charge in [-0.05, 0) is 47.4 Å². The number of fused-ring (bicyclic) bond motifs is 1. The number of hydrogen-bond donors (Lipinski definition) is 0. The molecule has 0 radical (unpaired) electrons. The van der Waals surface area contributed by atoms with E-state index in [1.54, 1.807) is 0 Å². The monoisotopic (exact) mass is 346 g/mol. The largest absolute Gasteiger partial charge is 0.431 e. The van der Waals surface area contributed by atoms with Crippen LogP contribution in [0.5, 0.6) is 0 Å². The highest BCUT2D eigenvalue weighted by Crippen LogP contribution is 2.44. The van der Waals surface area contributed by atoms with Gasteiger partial charge in [-0.2, -0.15) is 0 Å². The average molecular weight is 346 g/mol. The lowest BCUT2D eigenvalue weighted by atomic mass is 9.72. The molecule has 1 fully saturated rings. The minimum absolute atomic E-state index is 0.163. The van der Waals surface area contributed by atoms with Gasteiger partial charge in [0.1, 0.15) is 5.76 Å². The second kappa shape index (κ2) is 7.90. The predicted octanol–water partition coefficient (Wildman–Crippen LogP) is 5.88. The number of rotatable bonds is 4. The summed E-state index contributed by atoms with van der Waals surface area (Å²) in [5, 5.41) is 0. The van der Waals surface area contributed by atoms with E-state index in [4.69, 9.17) is 4.74 Å². The third-order valence-electron chi connectivity index (χ3n) is 5.79. The second-order valence-electron chi connectivity index (χ2n) is 7.58. The maximum absolute atomic E-state index is 12.4. The summed E-state index contributed by atoms with van der Waals surface area (Å²) in [7, 11) is 0. The molecule has 1 unspecified atom stereocenters. The van der Waals surface area contributed by atoms with Crippen molar-refractivity contribution in [3.8, 4) is 0 Å². The van der Waals surface area contributed by atoms with Crippen LogP contribution in [-0.4, -0.2) is 5.97 Å². The van der Waals surface area contributed by atoms with Crippen LogP contribution in [0.2, 0.25) is 0 Å². The zero-order valence-electron chi connectivity index (χ0n) is 15.2. The van der Waals surface area contributed by atoms with Crippen molar-refractivity contribution >= 4 is 12.0 Å². The minimum atomic E-state index is -0.163. The summed E-state index contributed by atoms with van der Waals surface area (Å²) in [6, 6.07) is 18.4. The van der Waals surface area contributed by atoms with Crippen molar-refractivity contribution in [1.29, 1.82) is 0 Å². The van der Waals surface area contributed by atoms with E-state index in [-0.39, 0.29) is 5.97 Å². The van der Waals surface area contributed by atoms with Crippen molar-refractivity contribution in [2.24, 2.45) is 5.92 Å². The van der Waals surface area contributed by atoms with Crippen molar-refractivity contribution in [3.63, 3.8) is 0 Å². The van der Waals surface area contributed by atoms with Crippen molar-refractivity contribution < 1.29 is 9.53 Å². The Morgan fingerprint density at radius 1 is 0.923 bits per heavy atom. The van der Waals surface area contributed by atoms with Gasteiger partial charge in [-0.25, -0.2) is 0 Å². The molecular formula is C24H26O2. The van der Waals surface area contributed by atoms with Crippen LogP contribution in [0.15, 0.2) is 60.4 Å². The fourth-order valence-electron chi connectivity index (χ4n) is 4.51. The molecule has 134 valence electrons. The van der Waals surface area contributed by atoms with E-state index in [1.165, 1.54) is 43.2 Å². The molecule has 1 saturated carbocycles. The quantitative estimate of drug-likeness (QED) is 0.646. The summed E-state index contributed by atoms with van der Waals surface area (Å²) in [6.07, 6.45) is 9.86. The summed E-state index contributed by atoms with van der Waals surface area (Å²) in [5.74, 6) is 1.86. The topological polar surface area (TPSA) is 26.3 Å². The molecule has 26 heavy (non-hydrogen) atoms. The van der Waals surface area contributed by atoms with Crippen LogP contribution in [-0.2, 0) is 16.0 Å². The number of carbonyl (C=O) groups excluding carboxylic acids is 1. The van der Waals surface area contributed by atoms with E-state index in [0.717, 1.165) is 17.7 Å². The van der Waals surface area contributed by atoms with E-state index in [2.05, 4.69) is 30.3 Å². The Bertz CT molecular complexity index is 785. The summed E-state index contributed by atoms with van der Waals surface area (Å²) in [6.45, 7) is 0. The Morgan fingerprint density at radius 3 is 2.46 bits per heavy atom. The number of esters is 1. The number of allylic oxidation sites excluding steroid dienone is 1. The fourth-order valence-corrected chi connectivity index (χ4v) is 4.51. The van der Waals surface area contributed by atoms with E-state index in [0.29, 0.717) is 18.3 Å². The fraction of sp³-hybridized carbons (Fsp3) is 0.375. The van der Waals surface area contributed by atoms with Gasteiger partial charge in [0, 0.05) is 6.42 Å². The predicted molar refractivity (Wildman–Crippen MR) is 105 cm³/mol. The van der Waals surface area contributed by atoms with Gasteiger partial charge >= 0.3 is 5.97 Å². The number of hydrogen-bond acceptors (Lipinski definition) is 2. The highest BCUT2D eigenvalue weighted by Gasteiger charge is 2.30. The third-order valence-corrected chi connectivity index (χ3v) is 5.79. The molecule has 0 amide bonds. The molecule has 2 aromatic rings. The van der Waals surface area contributed by atoms with E-state index < -0.39 is 0 Å². The lowest BCUT2D eigenvalue weighted by Crippen LogP contribution is -2.21. The zero-order valence-corrected chi connectivity index (χ0v) is 15.2. The Hall–Kier alpha value is -2.35.